The van der Waals surface area contributed by atoms with Crippen molar-refractivity contribution in [2.24, 2.45) is 5.92 Å². The van der Waals surface area contributed by atoms with Crippen LogP contribution in [-0.2, 0) is 22.7 Å². The van der Waals surface area contributed by atoms with E-state index in [4.69, 9.17) is 0 Å². The highest BCUT2D eigenvalue weighted by molar-refractivity contribution is 5.95. The molecule has 1 N–H and O–H groups in total. The number of rotatable bonds is 6. The zero-order chi connectivity index (χ0) is 16.9. The summed E-state index contributed by atoms with van der Waals surface area (Å²) in [5, 5.41) is 6.93. The van der Waals surface area contributed by atoms with Crippen molar-refractivity contribution in [3.05, 3.63) is 42.5 Å². The lowest BCUT2D eigenvalue weighted by atomic mass is 10.1. The van der Waals surface area contributed by atoms with E-state index >= 15 is 0 Å². The number of anilines is 1. The minimum Gasteiger partial charge on any atom is -0.352 e. The molecule has 1 aliphatic rings. The van der Waals surface area contributed by atoms with Crippen LogP contribution in [0.1, 0.15) is 25.3 Å². The fourth-order valence-electron chi connectivity index (χ4n) is 2.77. The van der Waals surface area contributed by atoms with Crippen molar-refractivity contribution < 1.29 is 9.59 Å². The molecule has 2 amide bonds. The molecule has 1 aromatic heterocycles. The Balaban J connectivity index is 1.51. The molecule has 1 aromatic carbocycles. The molecular weight excluding hydrogens is 306 g/mol. The Hall–Kier alpha value is -2.70. The van der Waals surface area contributed by atoms with E-state index in [2.05, 4.69) is 15.4 Å². The minimum absolute atomic E-state index is 0.0238. The molecule has 1 saturated heterocycles. The average Bonchev–Trinajstić information content (AvgIpc) is 3.24. The van der Waals surface area contributed by atoms with Gasteiger partial charge in [-0.3, -0.25) is 14.3 Å². The molecule has 0 aliphatic carbocycles. The van der Waals surface area contributed by atoms with Gasteiger partial charge in [-0.2, -0.15) is 5.10 Å². The SMILES string of the molecule is CC(Cn1cncn1)C(=O)NCc1ccc(N2CCCC2=O)cc1. The number of hydrogen-bond acceptors (Lipinski definition) is 4. The Morgan fingerprint density at radius 2 is 2.12 bits per heavy atom. The average molecular weight is 327 g/mol. The summed E-state index contributed by atoms with van der Waals surface area (Å²) >= 11 is 0. The first-order valence-corrected chi connectivity index (χ1v) is 8.13. The summed E-state index contributed by atoms with van der Waals surface area (Å²) in [5.41, 5.74) is 1.93. The number of amides is 2. The van der Waals surface area contributed by atoms with Crippen LogP contribution < -0.4 is 10.2 Å². The van der Waals surface area contributed by atoms with Crippen LogP contribution >= 0.6 is 0 Å². The first kappa shape index (κ1) is 16.2. The molecule has 24 heavy (non-hydrogen) atoms. The molecule has 1 fully saturated rings. The zero-order valence-corrected chi connectivity index (χ0v) is 13.7. The molecule has 0 bridgehead atoms. The second-order valence-electron chi connectivity index (χ2n) is 6.05. The van der Waals surface area contributed by atoms with Gasteiger partial charge in [-0.25, -0.2) is 4.98 Å². The van der Waals surface area contributed by atoms with Gasteiger partial charge in [0.05, 0.1) is 12.5 Å². The van der Waals surface area contributed by atoms with Crippen molar-refractivity contribution in [2.75, 3.05) is 11.4 Å². The first-order chi connectivity index (χ1) is 11.6. The second kappa shape index (κ2) is 7.25. The van der Waals surface area contributed by atoms with Crippen LogP contribution in [0.5, 0.6) is 0 Å². The molecular formula is C17H21N5O2. The maximum Gasteiger partial charge on any atom is 0.227 e. The number of carbonyl (C=O) groups excluding carboxylic acids is 2. The van der Waals surface area contributed by atoms with Crippen molar-refractivity contribution in [1.29, 1.82) is 0 Å². The van der Waals surface area contributed by atoms with Gasteiger partial charge in [0.25, 0.3) is 0 Å². The van der Waals surface area contributed by atoms with Gasteiger partial charge in [0.1, 0.15) is 12.7 Å². The van der Waals surface area contributed by atoms with Gasteiger partial charge in [0, 0.05) is 25.2 Å². The van der Waals surface area contributed by atoms with Crippen LogP contribution in [0.15, 0.2) is 36.9 Å². The van der Waals surface area contributed by atoms with Gasteiger partial charge in [-0.05, 0) is 24.1 Å². The van der Waals surface area contributed by atoms with Crippen LogP contribution in [0.4, 0.5) is 5.69 Å². The Kier molecular flexibility index (Phi) is 4.88. The van der Waals surface area contributed by atoms with E-state index in [-0.39, 0.29) is 17.7 Å². The normalized spacial score (nSPS) is 15.5. The molecule has 7 nitrogen and oxygen atoms in total. The molecule has 1 unspecified atom stereocenters. The Bertz CT molecular complexity index is 696. The fourth-order valence-corrected chi connectivity index (χ4v) is 2.77. The van der Waals surface area contributed by atoms with E-state index in [1.54, 1.807) is 11.0 Å². The highest BCUT2D eigenvalue weighted by atomic mass is 16.2. The van der Waals surface area contributed by atoms with Crippen molar-refractivity contribution >= 4 is 17.5 Å². The Morgan fingerprint density at radius 1 is 1.33 bits per heavy atom. The number of aromatic nitrogens is 3. The molecule has 7 heteroatoms. The lowest BCUT2D eigenvalue weighted by Gasteiger charge is -2.16. The fraction of sp³-hybridized carbons (Fsp3) is 0.412. The van der Waals surface area contributed by atoms with Gasteiger partial charge < -0.3 is 10.2 Å². The van der Waals surface area contributed by atoms with E-state index in [1.165, 1.54) is 6.33 Å². The minimum atomic E-state index is -0.187. The van der Waals surface area contributed by atoms with Gasteiger partial charge in [0.15, 0.2) is 0 Å². The van der Waals surface area contributed by atoms with Gasteiger partial charge in [-0.1, -0.05) is 19.1 Å². The molecule has 0 radical (unpaired) electrons. The van der Waals surface area contributed by atoms with Gasteiger partial charge in [-0.15, -0.1) is 0 Å². The number of nitrogens with one attached hydrogen (secondary N) is 1. The molecule has 126 valence electrons. The largest absolute Gasteiger partial charge is 0.352 e. The quantitative estimate of drug-likeness (QED) is 0.869. The standard InChI is InChI=1S/C17H21N5O2/c1-13(10-21-12-18-11-20-21)17(24)19-9-14-4-6-15(7-5-14)22-8-2-3-16(22)23/h4-7,11-13H,2-3,8-10H2,1H3,(H,19,24). The third-order valence-electron chi connectivity index (χ3n) is 4.16. The number of carbonyl (C=O) groups is 2. The summed E-state index contributed by atoms with van der Waals surface area (Å²) < 4.78 is 1.64. The lowest BCUT2D eigenvalue weighted by Crippen LogP contribution is -2.31. The Morgan fingerprint density at radius 3 is 2.75 bits per heavy atom. The van der Waals surface area contributed by atoms with Crippen molar-refractivity contribution in [2.45, 2.75) is 32.9 Å². The molecule has 0 saturated carbocycles. The molecule has 0 spiro atoms. The van der Waals surface area contributed by atoms with E-state index in [0.717, 1.165) is 24.2 Å². The smallest absolute Gasteiger partial charge is 0.227 e. The van der Waals surface area contributed by atoms with Crippen LogP contribution in [0.2, 0.25) is 0 Å². The van der Waals surface area contributed by atoms with Crippen LogP contribution in [0.25, 0.3) is 0 Å². The highest BCUT2D eigenvalue weighted by Gasteiger charge is 2.21. The summed E-state index contributed by atoms with van der Waals surface area (Å²) in [6.07, 6.45) is 4.60. The third kappa shape index (κ3) is 3.79. The maximum atomic E-state index is 12.1. The van der Waals surface area contributed by atoms with Crippen molar-refractivity contribution in [3.8, 4) is 0 Å². The second-order valence-corrected chi connectivity index (χ2v) is 6.05. The third-order valence-corrected chi connectivity index (χ3v) is 4.16. The number of hydrogen-bond donors (Lipinski definition) is 1. The van der Waals surface area contributed by atoms with Crippen molar-refractivity contribution in [1.82, 2.24) is 20.1 Å². The van der Waals surface area contributed by atoms with Gasteiger partial charge in [0.2, 0.25) is 11.8 Å². The summed E-state index contributed by atoms with van der Waals surface area (Å²) in [6.45, 7) is 3.62. The molecule has 1 atom stereocenters. The lowest BCUT2D eigenvalue weighted by molar-refractivity contribution is -0.125. The predicted octanol–water partition coefficient (Wildman–Crippen LogP) is 1.36. The van der Waals surface area contributed by atoms with Crippen LogP contribution in [0, 0.1) is 5.92 Å². The topological polar surface area (TPSA) is 80.1 Å². The van der Waals surface area contributed by atoms with E-state index in [0.29, 0.717) is 19.5 Å². The predicted molar refractivity (Wildman–Crippen MR) is 89.1 cm³/mol. The van der Waals surface area contributed by atoms with E-state index in [9.17, 15) is 9.59 Å². The van der Waals surface area contributed by atoms with Crippen molar-refractivity contribution in [3.63, 3.8) is 0 Å². The molecule has 3 rings (SSSR count). The van der Waals surface area contributed by atoms with E-state index in [1.807, 2.05) is 36.1 Å². The maximum absolute atomic E-state index is 12.1. The summed E-state index contributed by atoms with van der Waals surface area (Å²) in [5.74, 6) is -0.0320. The highest BCUT2D eigenvalue weighted by Crippen LogP contribution is 2.21. The summed E-state index contributed by atoms with van der Waals surface area (Å²) in [4.78, 5) is 29.5. The monoisotopic (exact) mass is 327 g/mol. The summed E-state index contributed by atoms with van der Waals surface area (Å²) in [7, 11) is 0. The molecule has 2 heterocycles. The van der Waals surface area contributed by atoms with E-state index < -0.39 is 0 Å². The summed E-state index contributed by atoms with van der Waals surface area (Å²) in [6, 6.07) is 7.76. The number of nitrogens with zero attached hydrogens (tertiary/aromatic N) is 4. The van der Waals surface area contributed by atoms with Crippen LogP contribution in [0.3, 0.4) is 0 Å². The van der Waals surface area contributed by atoms with Gasteiger partial charge >= 0.3 is 0 Å². The first-order valence-electron chi connectivity index (χ1n) is 8.13. The molecule has 1 aliphatic heterocycles. The Labute approximate surface area is 140 Å². The number of benzene rings is 1. The zero-order valence-electron chi connectivity index (χ0n) is 13.7. The van der Waals surface area contributed by atoms with Crippen LogP contribution in [-0.4, -0.2) is 33.1 Å². The molecule has 2 aromatic rings.